The lowest BCUT2D eigenvalue weighted by Crippen LogP contribution is -2.46. The van der Waals surface area contributed by atoms with Gasteiger partial charge in [0.2, 0.25) is 10.0 Å². The standard InChI is InChI=1S/C14H20N2O4S/c1-14(13(17)18)6-9-16(10-7-14)21(19,20)11-5-12-4-2-3-8-15-12/h2-4,8H,5-7,9-11H2,1H3,(H,17,18). The molecule has 0 aliphatic carbocycles. The van der Waals surface area contributed by atoms with Crippen LogP contribution in [0.1, 0.15) is 25.5 Å². The van der Waals surface area contributed by atoms with E-state index in [1.165, 1.54) is 4.31 Å². The molecule has 1 aromatic rings. The minimum atomic E-state index is -3.36. The van der Waals surface area contributed by atoms with Gasteiger partial charge in [-0.2, -0.15) is 0 Å². The molecule has 1 aliphatic rings. The predicted molar refractivity (Wildman–Crippen MR) is 78.3 cm³/mol. The summed E-state index contributed by atoms with van der Waals surface area (Å²) in [6, 6.07) is 5.41. The van der Waals surface area contributed by atoms with Gasteiger partial charge < -0.3 is 5.11 Å². The fourth-order valence-electron chi connectivity index (χ4n) is 2.38. The number of carboxylic acid groups (broad SMARTS) is 1. The maximum absolute atomic E-state index is 12.3. The van der Waals surface area contributed by atoms with E-state index in [2.05, 4.69) is 4.98 Å². The van der Waals surface area contributed by atoms with Gasteiger partial charge in [0, 0.05) is 31.4 Å². The molecule has 21 heavy (non-hydrogen) atoms. The number of carbonyl (C=O) groups is 1. The molecule has 2 rings (SSSR count). The van der Waals surface area contributed by atoms with E-state index in [0.29, 0.717) is 19.3 Å². The fourth-order valence-corrected chi connectivity index (χ4v) is 3.84. The van der Waals surface area contributed by atoms with E-state index in [1.807, 2.05) is 6.07 Å². The highest BCUT2D eigenvalue weighted by atomic mass is 32.2. The van der Waals surface area contributed by atoms with Gasteiger partial charge in [0.25, 0.3) is 0 Å². The smallest absolute Gasteiger partial charge is 0.309 e. The molecule has 0 saturated carbocycles. The SMILES string of the molecule is CC1(C(=O)O)CCN(S(=O)(=O)CCc2ccccn2)CC1. The van der Waals surface area contributed by atoms with Crippen LogP contribution in [0.25, 0.3) is 0 Å². The van der Waals surface area contributed by atoms with Gasteiger partial charge in [0.15, 0.2) is 0 Å². The summed E-state index contributed by atoms with van der Waals surface area (Å²) in [6.45, 7) is 2.22. The van der Waals surface area contributed by atoms with Crippen molar-refractivity contribution in [1.82, 2.24) is 9.29 Å². The summed E-state index contributed by atoms with van der Waals surface area (Å²) in [5.41, 5.74) is -0.0686. The maximum atomic E-state index is 12.3. The molecule has 0 spiro atoms. The number of hydrogen-bond acceptors (Lipinski definition) is 4. The van der Waals surface area contributed by atoms with E-state index in [9.17, 15) is 13.2 Å². The van der Waals surface area contributed by atoms with Crippen molar-refractivity contribution in [2.24, 2.45) is 5.41 Å². The zero-order chi connectivity index (χ0) is 15.5. The summed E-state index contributed by atoms with van der Waals surface area (Å²) in [5, 5.41) is 9.16. The van der Waals surface area contributed by atoms with Crippen LogP contribution in [0.2, 0.25) is 0 Å². The number of hydrogen-bond donors (Lipinski definition) is 1. The highest BCUT2D eigenvalue weighted by Gasteiger charge is 2.39. The zero-order valence-corrected chi connectivity index (χ0v) is 12.8. The first-order valence-electron chi connectivity index (χ1n) is 6.95. The average molecular weight is 312 g/mol. The largest absolute Gasteiger partial charge is 0.481 e. The van der Waals surface area contributed by atoms with Gasteiger partial charge in [-0.15, -0.1) is 0 Å². The Kier molecular flexibility index (Phi) is 4.63. The van der Waals surface area contributed by atoms with Crippen LogP contribution in [-0.2, 0) is 21.2 Å². The van der Waals surface area contributed by atoms with Crippen molar-refractivity contribution in [3.8, 4) is 0 Å². The number of rotatable bonds is 5. The van der Waals surface area contributed by atoms with Crippen LogP contribution in [0, 0.1) is 5.41 Å². The normalized spacial score (nSPS) is 19.3. The summed E-state index contributed by atoms with van der Waals surface area (Å²) in [5.74, 6) is -0.846. The first kappa shape index (κ1) is 15.9. The van der Waals surface area contributed by atoms with Crippen molar-refractivity contribution in [3.63, 3.8) is 0 Å². The third-order valence-electron chi connectivity index (χ3n) is 4.08. The highest BCUT2D eigenvalue weighted by Crippen LogP contribution is 2.32. The molecule has 7 heteroatoms. The molecule has 116 valence electrons. The maximum Gasteiger partial charge on any atom is 0.309 e. The van der Waals surface area contributed by atoms with E-state index in [0.717, 1.165) is 5.69 Å². The van der Waals surface area contributed by atoms with Crippen molar-refractivity contribution in [3.05, 3.63) is 30.1 Å². The van der Waals surface area contributed by atoms with Gasteiger partial charge in [-0.3, -0.25) is 9.78 Å². The summed E-state index contributed by atoms with van der Waals surface area (Å²) in [7, 11) is -3.36. The number of sulfonamides is 1. The van der Waals surface area contributed by atoms with Crippen molar-refractivity contribution >= 4 is 16.0 Å². The summed E-state index contributed by atoms with van der Waals surface area (Å²) < 4.78 is 26.0. The molecule has 1 aliphatic heterocycles. The zero-order valence-electron chi connectivity index (χ0n) is 12.0. The first-order chi connectivity index (χ1) is 9.83. The second-order valence-electron chi connectivity index (χ2n) is 5.65. The molecule has 1 N–H and O–H groups in total. The lowest BCUT2D eigenvalue weighted by molar-refractivity contribution is -0.150. The molecular weight excluding hydrogens is 292 g/mol. The van der Waals surface area contributed by atoms with Crippen LogP contribution in [0.4, 0.5) is 0 Å². The first-order valence-corrected chi connectivity index (χ1v) is 8.56. The topological polar surface area (TPSA) is 87.6 Å². The number of nitrogens with zero attached hydrogens (tertiary/aromatic N) is 2. The minimum absolute atomic E-state index is 0.00774. The second kappa shape index (κ2) is 6.11. The van der Waals surface area contributed by atoms with Gasteiger partial charge in [-0.05, 0) is 31.9 Å². The molecule has 0 amide bonds. The van der Waals surface area contributed by atoms with Crippen LogP contribution in [-0.4, -0.2) is 47.6 Å². The molecule has 0 unspecified atom stereocenters. The predicted octanol–water partition coefficient (Wildman–Crippen LogP) is 1.14. The van der Waals surface area contributed by atoms with Crippen molar-refractivity contribution < 1.29 is 18.3 Å². The number of pyridine rings is 1. The van der Waals surface area contributed by atoms with Gasteiger partial charge in [-0.25, -0.2) is 12.7 Å². The van der Waals surface area contributed by atoms with Crippen molar-refractivity contribution in [2.75, 3.05) is 18.8 Å². The van der Waals surface area contributed by atoms with Crippen LogP contribution in [0.15, 0.2) is 24.4 Å². The fraction of sp³-hybridized carbons (Fsp3) is 0.571. The Balaban J connectivity index is 1.94. The molecule has 1 fully saturated rings. The number of carboxylic acids is 1. The lowest BCUT2D eigenvalue weighted by atomic mass is 9.81. The van der Waals surface area contributed by atoms with E-state index >= 15 is 0 Å². The Morgan fingerprint density at radius 3 is 2.57 bits per heavy atom. The Bertz CT molecular complexity index is 593. The Hall–Kier alpha value is -1.47. The van der Waals surface area contributed by atoms with E-state index < -0.39 is 21.4 Å². The third kappa shape index (κ3) is 3.79. The van der Waals surface area contributed by atoms with Crippen LogP contribution in [0.5, 0.6) is 0 Å². The van der Waals surface area contributed by atoms with Gasteiger partial charge >= 0.3 is 5.97 Å². The van der Waals surface area contributed by atoms with E-state index in [4.69, 9.17) is 5.11 Å². The number of piperidine rings is 1. The number of aliphatic carboxylic acids is 1. The minimum Gasteiger partial charge on any atom is -0.481 e. The average Bonchev–Trinajstić information content (AvgIpc) is 2.47. The second-order valence-corrected chi connectivity index (χ2v) is 7.74. The van der Waals surface area contributed by atoms with Crippen molar-refractivity contribution in [1.29, 1.82) is 0 Å². The number of aryl methyl sites for hydroxylation is 1. The molecule has 0 radical (unpaired) electrons. The molecule has 2 heterocycles. The lowest BCUT2D eigenvalue weighted by Gasteiger charge is -2.35. The molecule has 0 atom stereocenters. The van der Waals surface area contributed by atoms with E-state index in [1.54, 1.807) is 25.3 Å². The van der Waals surface area contributed by atoms with E-state index in [-0.39, 0.29) is 18.8 Å². The Labute approximate surface area is 124 Å². The van der Waals surface area contributed by atoms with Crippen LogP contribution < -0.4 is 0 Å². The summed E-state index contributed by atoms with van der Waals surface area (Å²) >= 11 is 0. The Morgan fingerprint density at radius 2 is 2.05 bits per heavy atom. The molecule has 0 bridgehead atoms. The summed E-state index contributed by atoms with van der Waals surface area (Å²) in [4.78, 5) is 15.3. The molecule has 1 aromatic heterocycles. The van der Waals surface area contributed by atoms with Crippen LogP contribution in [0.3, 0.4) is 0 Å². The van der Waals surface area contributed by atoms with Gasteiger partial charge in [0.1, 0.15) is 0 Å². The highest BCUT2D eigenvalue weighted by molar-refractivity contribution is 7.89. The molecule has 0 aromatic carbocycles. The monoisotopic (exact) mass is 312 g/mol. The number of aromatic nitrogens is 1. The molecule has 6 nitrogen and oxygen atoms in total. The molecular formula is C14H20N2O4S. The molecule has 1 saturated heterocycles. The quantitative estimate of drug-likeness (QED) is 0.881. The van der Waals surface area contributed by atoms with Crippen molar-refractivity contribution in [2.45, 2.75) is 26.2 Å². The summed E-state index contributed by atoms with van der Waals surface area (Å²) in [6.07, 6.45) is 2.72. The third-order valence-corrected chi connectivity index (χ3v) is 5.95. The Morgan fingerprint density at radius 1 is 1.38 bits per heavy atom. The van der Waals surface area contributed by atoms with Gasteiger partial charge in [-0.1, -0.05) is 6.07 Å². The van der Waals surface area contributed by atoms with Gasteiger partial charge in [0.05, 0.1) is 11.2 Å². The van der Waals surface area contributed by atoms with Crippen LogP contribution >= 0.6 is 0 Å².